The largest absolute Gasteiger partial charge is 0.507 e. The molecule has 2 fully saturated rings. The van der Waals surface area contributed by atoms with Crippen molar-refractivity contribution in [3.05, 3.63) is 47.3 Å². The molecule has 1 aromatic heterocycles. The average molecular weight is 382 g/mol. The number of carbonyl (C=O) groups excluding carboxylic acids is 1. The van der Waals surface area contributed by atoms with Gasteiger partial charge in [0, 0.05) is 50.2 Å². The minimum absolute atomic E-state index is 0.00328. The number of benzene rings is 1. The zero-order chi connectivity index (χ0) is 19.5. The summed E-state index contributed by atoms with van der Waals surface area (Å²) in [6, 6.07) is 7.09. The summed E-state index contributed by atoms with van der Waals surface area (Å²) in [6.07, 6.45) is 4.64. The van der Waals surface area contributed by atoms with Gasteiger partial charge in [0.25, 0.3) is 5.91 Å². The normalized spacial score (nSPS) is 20.3. The van der Waals surface area contributed by atoms with E-state index in [0.717, 1.165) is 56.2 Å². The Kier molecular flexibility index (Phi) is 5.43. The Bertz CT molecular complexity index is 851. The van der Waals surface area contributed by atoms with E-state index < -0.39 is 0 Å². The Morgan fingerprint density at radius 2 is 2.07 bits per heavy atom. The predicted octanol–water partition coefficient (Wildman–Crippen LogP) is 2.39. The van der Waals surface area contributed by atoms with Crippen molar-refractivity contribution in [1.82, 2.24) is 15.3 Å². The van der Waals surface area contributed by atoms with E-state index in [1.165, 1.54) is 0 Å². The molecule has 2 aliphatic heterocycles. The van der Waals surface area contributed by atoms with Gasteiger partial charge in [-0.15, -0.1) is 0 Å². The monoisotopic (exact) mass is 382 g/mol. The van der Waals surface area contributed by atoms with E-state index in [0.29, 0.717) is 18.0 Å². The molecule has 0 saturated carbocycles. The third-order valence-corrected chi connectivity index (χ3v) is 5.51. The first-order valence-electron chi connectivity index (χ1n) is 9.86. The van der Waals surface area contributed by atoms with Crippen molar-refractivity contribution in [1.29, 1.82) is 0 Å². The number of aryl methyl sites for hydroxylation is 1. The van der Waals surface area contributed by atoms with Gasteiger partial charge in [0.1, 0.15) is 5.75 Å². The predicted molar refractivity (Wildman–Crippen MR) is 106 cm³/mol. The molecule has 1 aromatic carbocycles. The Morgan fingerprint density at radius 3 is 2.86 bits per heavy atom. The molecule has 1 amide bonds. The number of rotatable bonds is 4. The van der Waals surface area contributed by atoms with Gasteiger partial charge < -0.3 is 20.1 Å². The lowest BCUT2D eigenvalue weighted by atomic mass is 9.96. The molecule has 148 valence electrons. The summed E-state index contributed by atoms with van der Waals surface area (Å²) in [4.78, 5) is 23.8. The molecule has 28 heavy (non-hydrogen) atoms. The van der Waals surface area contributed by atoms with Crippen LogP contribution in [0.25, 0.3) is 0 Å². The molecule has 7 heteroatoms. The second kappa shape index (κ2) is 8.14. The van der Waals surface area contributed by atoms with Crippen LogP contribution in [0.3, 0.4) is 0 Å². The van der Waals surface area contributed by atoms with Gasteiger partial charge in [0.15, 0.2) is 0 Å². The number of nitrogens with one attached hydrogen (secondary N) is 1. The van der Waals surface area contributed by atoms with Crippen molar-refractivity contribution in [3.63, 3.8) is 0 Å². The Morgan fingerprint density at radius 1 is 1.25 bits per heavy atom. The molecule has 2 aromatic rings. The molecule has 1 unspecified atom stereocenters. The van der Waals surface area contributed by atoms with E-state index in [4.69, 9.17) is 9.72 Å². The van der Waals surface area contributed by atoms with Gasteiger partial charge in [0.2, 0.25) is 5.95 Å². The summed E-state index contributed by atoms with van der Waals surface area (Å²) in [5.74, 6) is 0.915. The Hall–Kier alpha value is -2.67. The number of nitrogens with zero attached hydrogens (tertiary/aromatic N) is 3. The second-order valence-corrected chi connectivity index (χ2v) is 7.59. The number of aromatic nitrogens is 2. The summed E-state index contributed by atoms with van der Waals surface area (Å²) in [6.45, 7) is 4.91. The molecule has 0 aliphatic carbocycles. The highest BCUT2D eigenvalue weighted by Gasteiger charge is 2.27. The number of hydrogen-bond acceptors (Lipinski definition) is 6. The van der Waals surface area contributed by atoms with Gasteiger partial charge >= 0.3 is 0 Å². The van der Waals surface area contributed by atoms with Gasteiger partial charge in [0.05, 0.1) is 5.56 Å². The Balaban J connectivity index is 1.39. The van der Waals surface area contributed by atoms with Crippen LogP contribution >= 0.6 is 0 Å². The zero-order valence-electron chi connectivity index (χ0n) is 16.1. The SMILES string of the molecule is Cc1ccc(C(=O)NC2CCN(c3nccc(C4CCOCC4)n3)C2)c(O)c1. The van der Waals surface area contributed by atoms with Crippen LogP contribution in [-0.2, 0) is 4.74 Å². The molecule has 1 atom stereocenters. The molecule has 0 spiro atoms. The first-order valence-corrected chi connectivity index (χ1v) is 9.86. The first-order chi connectivity index (χ1) is 13.6. The molecule has 2 saturated heterocycles. The maximum Gasteiger partial charge on any atom is 0.255 e. The van der Waals surface area contributed by atoms with E-state index in [2.05, 4.69) is 15.2 Å². The van der Waals surface area contributed by atoms with E-state index in [-0.39, 0.29) is 17.7 Å². The van der Waals surface area contributed by atoms with Crippen molar-refractivity contribution in [2.45, 2.75) is 38.1 Å². The summed E-state index contributed by atoms with van der Waals surface area (Å²) >= 11 is 0. The lowest BCUT2D eigenvalue weighted by molar-refractivity contribution is 0.0845. The number of phenolic OH excluding ortho intramolecular Hbond substituents is 1. The molecule has 2 aliphatic rings. The molecule has 7 nitrogen and oxygen atoms in total. The third kappa shape index (κ3) is 4.09. The molecule has 3 heterocycles. The minimum Gasteiger partial charge on any atom is -0.507 e. The fourth-order valence-corrected chi connectivity index (χ4v) is 3.89. The highest BCUT2D eigenvalue weighted by atomic mass is 16.5. The summed E-state index contributed by atoms with van der Waals surface area (Å²) in [7, 11) is 0. The zero-order valence-corrected chi connectivity index (χ0v) is 16.1. The van der Waals surface area contributed by atoms with Gasteiger partial charge in [-0.1, -0.05) is 6.07 Å². The molecular weight excluding hydrogens is 356 g/mol. The number of hydrogen-bond donors (Lipinski definition) is 2. The smallest absolute Gasteiger partial charge is 0.255 e. The highest BCUT2D eigenvalue weighted by molar-refractivity contribution is 5.97. The molecule has 0 bridgehead atoms. The lowest BCUT2D eigenvalue weighted by Gasteiger charge is -2.23. The van der Waals surface area contributed by atoms with Crippen LogP contribution in [0.15, 0.2) is 30.5 Å². The van der Waals surface area contributed by atoms with E-state index in [9.17, 15) is 9.90 Å². The van der Waals surface area contributed by atoms with Crippen molar-refractivity contribution in [2.75, 3.05) is 31.2 Å². The summed E-state index contributed by atoms with van der Waals surface area (Å²) in [5.41, 5.74) is 2.30. The lowest BCUT2D eigenvalue weighted by Crippen LogP contribution is -2.37. The Labute approximate surface area is 164 Å². The number of amides is 1. The molecule has 0 radical (unpaired) electrons. The van der Waals surface area contributed by atoms with Crippen molar-refractivity contribution < 1.29 is 14.6 Å². The van der Waals surface area contributed by atoms with E-state index in [1.807, 2.05) is 25.3 Å². The number of carbonyl (C=O) groups is 1. The van der Waals surface area contributed by atoms with E-state index >= 15 is 0 Å². The van der Waals surface area contributed by atoms with Gasteiger partial charge in [-0.3, -0.25) is 4.79 Å². The highest BCUT2D eigenvalue weighted by Crippen LogP contribution is 2.27. The quantitative estimate of drug-likeness (QED) is 0.844. The van der Waals surface area contributed by atoms with Crippen LogP contribution in [0.5, 0.6) is 5.75 Å². The van der Waals surface area contributed by atoms with Crippen LogP contribution in [0.1, 0.15) is 46.8 Å². The fraction of sp³-hybridized carbons (Fsp3) is 0.476. The topological polar surface area (TPSA) is 87.6 Å². The van der Waals surface area contributed by atoms with Gasteiger partial charge in [-0.2, -0.15) is 0 Å². The molecule has 4 rings (SSSR count). The summed E-state index contributed by atoms with van der Waals surface area (Å²) < 4.78 is 5.44. The number of anilines is 1. The second-order valence-electron chi connectivity index (χ2n) is 7.59. The van der Waals surface area contributed by atoms with Crippen LogP contribution in [0, 0.1) is 6.92 Å². The van der Waals surface area contributed by atoms with E-state index in [1.54, 1.807) is 12.1 Å². The maximum absolute atomic E-state index is 12.5. The average Bonchev–Trinajstić information content (AvgIpc) is 3.17. The maximum atomic E-state index is 12.5. The fourth-order valence-electron chi connectivity index (χ4n) is 3.89. The first kappa shape index (κ1) is 18.7. The number of ether oxygens (including phenoxy) is 1. The van der Waals surface area contributed by atoms with Crippen LogP contribution in [0.4, 0.5) is 5.95 Å². The molecule has 2 N–H and O–H groups in total. The van der Waals surface area contributed by atoms with Gasteiger partial charge in [-0.05, 0) is 49.9 Å². The van der Waals surface area contributed by atoms with Crippen molar-refractivity contribution in [2.24, 2.45) is 0 Å². The third-order valence-electron chi connectivity index (χ3n) is 5.51. The summed E-state index contributed by atoms with van der Waals surface area (Å²) in [5, 5.41) is 13.0. The number of aromatic hydroxyl groups is 1. The minimum atomic E-state index is -0.249. The van der Waals surface area contributed by atoms with Crippen molar-refractivity contribution in [3.8, 4) is 5.75 Å². The van der Waals surface area contributed by atoms with Crippen LogP contribution < -0.4 is 10.2 Å². The van der Waals surface area contributed by atoms with Crippen molar-refractivity contribution >= 4 is 11.9 Å². The van der Waals surface area contributed by atoms with Crippen LogP contribution in [-0.4, -0.2) is 53.3 Å². The standard InChI is InChI=1S/C21H26N4O3/c1-14-2-3-17(19(26)12-14)20(27)23-16-5-9-25(13-16)21-22-8-4-18(24-21)15-6-10-28-11-7-15/h2-4,8,12,15-16,26H,5-7,9-11,13H2,1H3,(H,23,27). The van der Waals surface area contributed by atoms with Gasteiger partial charge in [-0.25, -0.2) is 9.97 Å². The number of phenols is 1. The molecular formula is C21H26N4O3. The van der Waals surface area contributed by atoms with Crippen LogP contribution in [0.2, 0.25) is 0 Å².